The van der Waals surface area contributed by atoms with Crippen LogP contribution in [0.25, 0.3) is 0 Å². The molecular weight excluding hydrogens is 58.0 g/mol. The van der Waals surface area contributed by atoms with Crippen LogP contribution in [0, 0.1) is 4.91 Å². The molecule has 0 aromatic heterocycles. The Balaban J connectivity index is 2.80. The highest BCUT2D eigenvalue weighted by Crippen LogP contribution is 1.32. The molecule has 3 heteroatoms. The summed E-state index contributed by atoms with van der Waals surface area (Å²) >= 11 is 0. The molecule has 3 nitrogen and oxygen atoms in total. The highest BCUT2D eigenvalue weighted by atomic mass is 16.6. The van der Waals surface area contributed by atoms with Gasteiger partial charge >= 0.3 is 0 Å². The summed E-state index contributed by atoms with van der Waals surface area (Å²) in [6.45, 7) is 0. The van der Waals surface area contributed by atoms with Crippen LogP contribution in [0.3, 0.4) is 0 Å². The van der Waals surface area contributed by atoms with Crippen LogP contribution in [0.2, 0.25) is 0 Å². The van der Waals surface area contributed by atoms with Crippen LogP contribution in [0.5, 0.6) is 0 Å². The van der Waals surface area contributed by atoms with E-state index in [-0.39, 0.29) is 4.92 Å². The summed E-state index contributed by atoms with van der Waals surface area (Å²) in [6.07, 6.45) is 0. The zero-order valence-corrected chi connectivity index (χ0v) is 2.30. The van der Waals surface area contributed by atoms with E-state index in [9.17, 15) is 0 Å². The number of nitrogens with zero attached hydrogens (tertiary/aromatic N) is 1. The van der Waals surface area contributed by atoms with Crippen molar-refractivity contribution in [3.05, 3.63) is 4.91 Å². The topological polar surface area (TPSA) is 40.3 Å². The van der Waals surface area contributed by atoms with E-state index in [2.05, 4.69) is 0 Å². The highest BCUT2D eigenvalue weighted by Gasteiger charge is 1.71. The van der Waals surface area contributed by atoms with Crippen LogP contribution in [-0.4, -0.2) is 17.2 Å². The third-order valence-corrected chi connectivity index (χ3v) is 0. The van der Waals surface area contributed by atoms with Gasteiger partial charge in [0.25, 0.3) is 0 Å². The molecule has 0 atom stereocenters. The molecule has 0 unspecified atom stereocenters. The molecule has 0 aliphatic rings. The summed E-state index contributed by atoms with van der Waals surface area (Å²) in [5.41, 5.74) is 0. The Morgan fingerprint density at radius 3 is 2.00 bits per heavy atom. The van der Waals surface area contributed by atoms with Gasteiger partial charge in [-0.15, -0.1) is 0 Å². The Labute approximate surface area is 23.4 Å². The van der Waals surface area contributed by atoms with Crippen molar-refractivity contribution in [3.8, 4) is 0 Å². The van der Waals surface area contributed by atoms with E-state index < -0.39 is 0 Å². The lowest BCUT2D eigenvalue weighted by atomic mass is 11.5. The van der Waals surface area contributed by atoms with Gasteiger partial charge in [0, 0.05) is 0 Å². The molecule has 0 saturated heterocycles. The van der Waals surface area contributed by atoms with Gasteiger partial charge in [-0.3, -0.25) is 0 Å². The molecular formula is CH4NO2+. The van der Waals surface area contributed by atoms with E-state index in [0.717, 1.165) is 7.05 Å². The second-order valence-corrected chi connectivity index (χ2v) is 0.464. The molecule has 24 valence electrons. The fraction of sp³-hybridized carbons (Fsp3) is 1.00. The first-order valence-electron chi connectivity index (χ1n) is 0.830. The van der Waals surface area contributed by atoms with Crippen molar-refractivity contribution >= 4 is 0 Å². The molecule has 0 bridgehead atoms. The largest absolute Gasteiger partial charge is 0.247 e. The monoisotopic (exact) mass is 62.0 g/mol. The average molecular weight is 62.0 g/mol. The zero-order chi connectivity index (χ0) is 3.58. The van der Waals surface area contributed by atoms with Gasteiger partial charge in [0.15, 0.2) is 0 Å². The molecule has 0 aliphatic carbocycles. The quantitative estimate of drug-likeness (QED) is 0.394. The van der Waals surface area contributed by atoms with Gasteiger partial charge in [0.1, 0.15) is 0 Å². The third kappa shape index (κ3) is 0.622. The lowest BCUT2D eigenvalue weighted by Gasteiger charge is -1.49. The van der Waals surface area contributed by atoms with Crippen molar-refractivity contribution in [1.82, 2.24) is 0 Å². The van der Waals surface area contributed by atoms with Gasteiger partial charge in [-0.05, 0) is 0 Å². The summed E-state index contributed by atoms with van der Waals surface area (Å²) in [4.78, 5) is 8.67. The fourth-order valence-corrected chi connectivity index (χ4v) is 0. The first-order chi connectivity index (χ1) is 1.73. The molecule has 1 N–H and O–H groups in total. The van der Waals surface area contributed by atoms with Gasteiger partial charge < -0.3 is 0 Å². The lowest BCUT2D eigenvalue weighted by molar-refractivity contribution is -0.771. The maximum atomic E-state index is 8.92. The van der Waals surface area contributed by atoms with Crippen molar-refractivity contribution in [2.45, 2.75) is 0 Å². The number of hydrogen-bond acceptors (Lipinski definition) is 1. The minimum Gasteiger partial charge on any atom is -0.247 e. The normalized spacial score (nSPS) is 6.25. The molecule has 0 fully saturated rings. The van der Waals surface area contributed by atoms with Crippen LogP contribution < -0.4 is 0 Å². The van der Waals surface area contributed by atoms with Crippen molar-refractivity contribution in [3.63, 3.8) is 0 Å². The van der Waals surface area contributed by atoms with Gasteiger partial charge in [-0.1, -0.05) is 0 Å². The molecule has 0 saturated carbocycles. The van der Waals surface area contributed by atoms with Gasteiger partial charge in [-0.2, -0.15) is 0 Å². The van der Waals surface area contributed by atoms with E-state index in [1.54, 1.807) is 0 Å². The minimum absolute atomic E-state index is 0.250. The third-order valence-electron chi connectivity index (χ3n) is 0. The van der Waals surface area contributed by atoms with Crippen molar-refractivity contribution in [1.29, 1.82) is 0 Å². The zero-order valence-electron chi connectivity index (χ0n) is 2.30. The van der Waals surface area contributed by atoms with Crippen LogP contribution >= 0.6 is 0 Å². The molecule has 0 amide bonds. The average Bonchev–Trinajstić information content (AvgIpc) is 0.811. The molecule has 0 heterocycles. The molecule has 0 aromatic carbocycles. The van der Waals surface area contributed by atoms with E-state index in [1.807, 2.05) is 0 Å². The Morgan fingerprint density at radius 2 is 2.00 bits per heavy atom. The van der Waals surface area contributed by atoms with E-state index in [4.69, 9.17) is 10.1 Å². The Kier molecular flexibility index (Phi) is 0.694. The van der Waals surface area contributed by atoms with E-state index in [1.165, 1.54) is 0 Å². The Morgan fingerprint density at radius 1 is 2.00 bits per heavy atom. The molecule has 4 heavy (non-hydrogen) atoms. The first kappa shape index (κ1) is 3.40. The number of rotatable bonds is 0. The summed E-state index contributed by atoms with van der Waals surface area (Å²) in [7, 11) is 1.00. The highest BCUT2D eigenvalue weighted by molar-refractivity contribution is 3.63. The van der Waals surface area contributed by atoms with Crippen molar-refractivity contribution in [2.24, 2.45) is 0 Å². The van der Waals surface area contributed by atoms with Crippen molar-refractivity contribution in [2.75, 3.05) is 7.05 Å². The second-order valence-electron chi connectivity index (χ2n) is 0.464. The standard InChI is InChI=1S/CH4NO2/c1-2(3)4/h1H3,(H,3,4)/q+1. The predicted octanol–water partition coefficient (Wildman–Crippen LogP) is -0.216. The predicted molar refractivity (Wildman–Crippen MR) is 11.3 cm³/mol. The van der Waals surface area contributed by atoms with Gasteiger partial charge in [0.05, 0.1) is 4.91 Å². The maximum Gasteiger partial charge on any atom is 0.238 e. The second kappa shape index (κ2) is 0.817. The molecule has 0 aliphatic heterocycles. The Bertz CT molecular complexity index is 29.0. The molecule has 0 spiro atoms. The van der Waals surface area contributed by atoms with Crippen LogP contribution in [0.1, 0.15) is 0 Å². The summed E-state index contributed by atoms with van der Waals surface area (Å²) in [5, 5.41) is 7.33. The summed E-state index contributed by atoms with van der Waals surface area (Å²) in [5.74, 6) is 0. The first-order valence-corrected chi connectivity index (χ1v) is 0.830. The smallest absolute Gasteiger partial charge is 0.238 e. The van der Waals surface area contributed by atoms with Crippen LogP contribution in [-0.2, 0) is 0 Å². The van der Waals surface area contributed by atoms with E-state index in [0.29, 0.717) is 0 Å². The molecule has 0 aromatic rings. The van der Waals surface area contributed by atoms with Crippen molar-refractivity contribution < 1.29 is 10.1 Å². The van der Waals surface area contributed by atoms with Gasteiger partial charge in [-0.25, -0.2) is 5.21 Å². The SMILES string of the molecule is C[N+](=O)O. The lowest BCUT2D eigenvalue weighted by Crippen LogP contribution is -1.85. The van der Waals surface area contributed by atoms with Crippen LogP contribution in [0.15, 0.2) is 0 Å². The fourth-order valence-electron chi connectivity index (χ4n) is 0. The Hall–Kier alpha value is -0.600. The number of hydrogen-bond donors (Lipinski definition) is 1. The van der Waals surface area contributed by atoms with Crippen LogP contribution in [0.4, 0.5) is 0 Å². The minimum atomic E-state index is -0.250. The molecule has 0 rings (SSSR count). The van der Waals surface area contributed by atoms with E-state index >= 15 is 0 Å². The summed E-state index contributed by atoms with van der Waals surface area (Å²) in [6, 6.07) is 0. The molecule has 0 radical (unpaired) electrons. The summed E-state index contributed by atoms with van der Waals surface area (Å²) < 4.78 is 0. The van der Waals surface area contributed by atoms with Gasteiger partial charge in [0.2, 0.25) is 12.0 Å². The maximum absolute atomic E-state index is 8.92.